The third-order valence-corrected chi connectivity index (χ3v) is 8.25. The number of halogens is 2. The second kappa shape index (κ2) is 9.48. The van der Waals surface area contributed by atoms with E-state index in [1.165, 1.54) is 6.07 Å². The fourth-order valence-electron chi connectivity index (χ4n) is 5.31. The zero-order valence-corrected chi connectivity index (χ0v) is 19.4. The number of sulfonamides is 1. The van der Waals surface area contributed by atoms with Crippen LogP contribution in [0.5, 0.6) is 0 Å². The van der Waals surface area contributed by atoms with E-state index in [0.29, 0.717) is 30.1 Å². The molecule has 2 bridgehead atoms. The molecule has 2 aromatic carbocycles. The van der Waals surface area contributed by atoms with Gasteiger partial charge in [0.25, 0.3) is 0 Å². The number of hydrogen-bond donors (Lipinski definition) is 1. The van der Waals surface area contributed by atoms with Crippen molar-refractivity contribution in [2.24, 2.45) is 5.73 Å². The molecule has 33 heavy (non-hydrogen) atoms. The van der Waals surface area contributed by atoms with E-state index in [2.05, 4.69) is 4.90 Å². The summed E-state index contributed by atoms with van der Waals surface area (Å²) in [6.07, 6.45) is 4.95. The highest BCUT2D eigenvalue weighted by molar-refractivity contribution is 7.88. The van der Waals surface area contributed by atoms with Crippen LogP contribution >= 0.6 is 0 Å². The Morgan fingerprint density at radius 2 is 1.70 bits per heavy atom. The number of benzene rings is 2. The van der Waals surface area contributed by atoms with E-state index in [-0.39, 0.29) is 18.7 Å². The smallest absolute Gasteiger partial charge is 0.248 e. The SMILES string of the molecule is CS(=O)(=O)N(CCN1C2CCC1CC(c1cccc(C(N)=O)c1)C2)Cc1c(F)cccc1F. The van der Waals surface area contributed by atoms with Gasteiger partial charge in [-0.15, -0.1) is 0 Å². The fourth-order valence-corrected chi connectivity index (χ4v) is 6.08. The molecule has 1 amide bonds. The number of fused-ring (bicyclic) bond motifs is 2. The summed E-state index contributed by atoms with van der Waals surface area (Å²) in [7, 11) is -3.65. The van der Waals surface area contributed by atoms with Crippen molar-refractivity contribution < 1.29 is 22.0 Å². The van der Waals surface area contributed by atoms with Crippen LogP contribution in [0.25, 0.3) is 0 Å². The van der Waals surface area contributed by atoms with Gasteiger partial charge < -0.3 is 5.73 Å². The van der Waals surface area contributed by atoms with E-state index in [9.17, 15) is 22.0 Å². The van der Waals surface area contributed by atoms with Gasteiger partial charge in [0.05, 0.1) is 6.26 Å². The molecule has 0 aromatic heterocycles. The molecule has 0 radical (unpaired) electrons. The Hall–Kier alpha value is -2.36. The number of nitrogens with zero attached hydrogens (tertiary/aromatic N) is 2. The number of carbonyl (C=O) groups excluding carboxylic acids is 1. The number of nitrogens with two attached hydrogens (primary N) is 1. The second-order valence-electron chi connectivity index (χ2n) is 9.08. The number of primary amides is 1. The Bertz CT molecular complexity index is 1110. The third kappa shape index (κ3) is 5.26. The highest BCUT2D eigenvalue weighted by atomic mass is 32.2. The zero-order chi connectivity index (χ0) is 23.8. The van der Waals surface area contributed by atoms with Gasteiger partial charge in [0.2, 0.25) is 15.9 Å². The van der Waals surface area contributed by atoms with Gasteiger partial charge in [-0.25, -0.2) is 17.2 Å². The molecule has 2 saturated heterocycles. The van der Waals surface area contributed by atoms with Crippen molar-refractivity contribution in [1.29, 1.82) is 0 Å². The van der Waals surface area contributed by atoms with Gasteiger partial charge in [-0.05, 0) is 61.4 Å². The van der Waals surface area contributed by atoms with E-state index in [1.807, 2.05) is 18.2 Å². The molecular weight excluding hydrogens is 448 g/mol. The van der Waals surface area contributed by atoms with Gasteiger partial charge in [0.1, 0.15) is 11.6 Å². The quantitative estimate of drug-likeness (QED) is 0.633. The summed E-state index contributed by atoms with van der Waals surface area (Å²) in [5.74, 6) is -1.62. The number of amides is 1. The number of carbonyl (C=O) groups is 1. The molecule has 178 valence electrons. The van der Waals surface area contributed by atoms with Crippen molar-refractivity contribution in [2.45, 2.75) is 50.2 Å². The van der Waals surface area contributed by atoms with Crippen LogP contribution in [0.4, 0.5) is 8.78 Å². The molecule has 2 atom stereocenters. The van der Waals surface area contributed by atoms with Crippen molar-refractivity contribution in [1.82, 2.24) is 9.21 Å². The highest BCUT2D eigenvalue weighted by Crippen LogP contribution is 2.43. The summed E-state index contributed by atoms with van der Waals surface area (Å²) in [6.45, 7) is 0.344. The lowest BCUT2D eigenvalue weighted by atomic mass is 9.84. The molecule has 2 fully saturated rings. The summed E-state index contributed by atoms with van der Waals surface area (Å²) in [6, 6.07) is 11.6. The second-order valence-corrected chi connectivity index (χ2v) is 11.1. The van der Waals surface area contributed by atoms with Crippen LogP contribution in [0.2, 0.25) is 0 Å². The van der Waals surface area contributed by atoms with Gasteiger partial charge in [-0.3, -0.25) is 9.69 Å². The minimum Gasteiger partial charge on any atom is -0.366 e. The van der Waals surface area contributed by atoms with Gasteiger partial charge in [-0.2, -0.15) is 4.31 Å². The van der Waals surface area contributed by atoms with Crippen LogP contribution in [-0.2, 0) is 16.6 Å². The Morgan fingerprint density at radius 3 is 2.27 bits per heavy atom. The molecule has 0 aliphatic carbocycles. The maximum Gasteiger partial charge on any atom is 0.248 e. The van der Waals surface area contributed by atoms with Gasteiger partial charge in [-0.1, -0.05) is 18.2 Å². The molecule has 0 spiro atoms. The number of piperidine rings is 1. The molecular formula is C24H29F2N3O3S. The first-order valence-electron chi connectivity index (χ1n) is 11.2. The molecule has 6 nitrogen and oxygen atoms in total. The zero-order valence-electron chi connectivity index (χ0n) is 18.6. The lowest BCUT2D eigenvalue weighted by Gasteiger charge is -2.40. The van der Waals surface area contributed by atoms with Crippen LogP contribution in [0.3, 0.4) is 0 Å². The first kappa shape index (κ1) is 23.8. The monoisotopic (exact) mass is 477 g/mol. The number of hydrogen-bond acceptors (Lipinski definition) is 4. The Labute approximate surface area is 193 Å². The molecule has 2 aromatic rings. The number of rotatable bonds is 8. The average Bonchev–Trinajstić information content (AvgIpc) is 2.99. The van der Waals surface area contributed by atoms with Crippen molar-refractivity contribution in [2.75, 3.05) is 19.3 Å². The van der Waals surface area contributed by atoms with E-state index < -0.39 is 27.6 Å². The third-order valence-electron chi connectivity index (χ3n) is 7.00. The Balaban J connectivity index is 1.44. The van der Waals surface area contributed by atoms with Crippen molar-refractivity contribution in [3.05, 3.63) is 70.8 Å². The molecule has 2 heterocycles. The Morgan fingerprint density at radius 1 is 1.09 bits per heavy atom. The summed E-state index contributed by atoms with van der Waals surface area (Å²) in [5, 5.41) is 0. The predicted molar refractivity (Wildman–Crippen MR) is 122 cm³/mol. The average molecular weight is 478 g/mol. The summed E-state index contributed by atoms with van der Waals surface area (Å²) in [5.41, 5.74) is 6.81. The molecule has 2 aliphatic rings. The molecule has 2 N–H and O–H groups in total. The molecule has 2 aliphatic heterocycles. The summed E-state index contributed by atoms with van der Waals surface area (Å²) >= 11 is 0. The largest absolute Gasteiger partial charge is 0.366 e. The van der Waals surface area contributed by atoms with E-state index in [0.717, 1.165) is 53.9 Å². The van der Waals surface area contributed by atoms with Crippen LogP contribution in [0.15, 0.2) is 42.5 Å². The van der Waals surface area contributed by atoms with Crippen molar-refractivity contribution in [3.63, 3.8) is 0 Å². The standard InChI is InChI=1S/C24H29F2N3O3S/c1-33(31,32)28(15-21-22(25)6-3-7-23(21)26)10-11-29-19-8-9-20(29)14-18(13-19)16-4-2-5-17(12-16)24(27)30/h2-7,12,18-20H,8-11,13-15H2,1H3,(H2,27,30). The normalized spacial score (nSPS) is 23.2. The Kier molecular flexibility index (Phi) is 6.83. The first-order chi connectivity index (χ1) is 15.6. The highest BCUT2D eigenvalue weighted by Gasteiger charge is 2.41. The van der Waals surface area contributed by atoms with Crippen LogP contribution in [0, 0.1) is 11.6 Å². The van der Waals surface area contributed by atoms with Crippen LogP contribution in [-0.4, -0.2) is 55.0 Å². The van der Waals surface area contributed by atoms with E-state index in [4.69, 9.17) is 5.73 Å². The summed E-state index contributed by atoms with van der Waals surface area (Å²) in [4.78, 5) is 13.9. The minimum absolute atomic E-state index is 0.168. The topological polar surface area (TPSA) is 83.7 Å². The molecule has 2 unspecified atom stereocenters. The van der Waals surface area contributed by atoms with Gasteiger partial charge >= 0.3 is 0 Å². The van der Waals surface area contributed by atoms with Crippen LogP contribution < -0.4 is 5.73 Å². The van der Waals surface area contributed by atoms with Crippen molar-refractivity contribution >= 4 is 15.9 Å². The lowest BCUT2D eigenvalue weighted by molar-refractivity contribution is 0.0999. The van der Waals surface area contributed by atoms with Crippen LogP contribution in [0.1, 0.15) is 53.1 Å². The molecule has 9 heteroatoms. The summed E-state index contributed by atoms with van der Waals surface area (Å²) < 4.78 is 54.1. The van der Waals surface area contributed by atoms with Gasteiger partial charge in [0, 0.05) is 42.8 Å². The van der Waals surface area contributed by atoms with E-state index >= 15 is 0 Å². The van der Waals surface area contributed by atoms with E-state index in [1.54, 1.807) is 6.07 Å². The maximum atomic E-state index is 14.1. The minimum atomic E-state index is -3.65. The fraction of sp³-hybridized carbons (Fsp3) is 0.458. The van der Waals surface area contributed by atoms with Crippen molar-refractivity contribution in [3.8, 4) is 0 Å². The maximum absolute atomic E-state index is 14.1. The first-order valence-corrected chi connectivity index (χ1v) is 13.0. The molecule has 0 saturated carbocycles. The van der Waals surface area contributed by atoms with Gasteiger partial charge in [0.15, 0.2) is 0 Å². The predicted octanol–water partition coefficient (Wildman–Crippen LogP) is 3.24. The lowest BCUT2D eigenvalue weighted by Crippen LogP contribution is -2.46. The molecule has 4 rings (SSSR count).